The first-order valence-corrected chi connectivity index (χ1v) is 11.1. The highest BCUT2D eigenvalue weighted by atomic mass is 16.4. The highest BCUT2D eigenvalue weighted by molar-refractivity contribution is 6.40. The normalized spacial score (nSPS) is 20.4. The summed E-state index contributed by atoms with van der Waals surface area (Å²) in [5.41, 5.74) is 8.68. The number of unbranched alkanes of at least 4 members (excludes halogenated alkanes) is 1. The molecule has 1 fully saturated rings. The Bertz CT molecular complexity index is 831. The van der Waals surface area contributed by atoms with Gasteiger partial charge < -0.3 is 26.2 Å². The molecule has 0 aromatic heterocycles. The van der Waals surface area contributed by atoms with Gasteiger partial charge in [-0.1, -0.05) is 67.4 Å². The summed E-state index contributed by atoms with van der Waals surface area (Å²) in [5.74, 6) is -1.04. The molecule has 0 saturated heterocycles. The van der Waals surface area contributed by atoms with Crippen LogP contribution in [-0.4, -0.2) is 39.8 Å². The van der Waals surface area contributed by atoms with Crippen molar-refractivity contribution in [2.24, 2.45) is 11.7 Å². The first-order chi connectivity index (χ1) is 14.9. The summed E-state index contributed by atoms with van der Waals surface area (Å²) in [5, 5.41) is 31.3. The van der Waals surface area contributed by atoms with Gasteiger partial charge in [0.2, 0.25) is 0 Å². The Labute approximate surface area is 184 Å². The second kappa shape index (κ2) is 10.9. The second-order valence-corrected chi connectivity index (χ2v) is 8.72. The SMILES string of the molecule is N[C@@](CCCCB(O)O)(C(=O)O)C1CC[C@H](NCc2ccc(-c3ccccc3)cc2)C1. The lowest BCUT2D eigenvalue weighted by Gasteiger charge is -2.31. The van der Waals surface area contributed by atoms with Crippen LogP contribution >= 0.6 is 0 Å². The fourth-order valence-electron chi connectivity index (χ4n) is 4.57. The molecule has 2 aromatic rings. The number of hydrogen-bond donors (Lipinski definition) is 5. The van der Waals surface area contributed by atoms with Gasteiger partial charge in [0.25, 0.3) is 0 Å². The first kappa shape index (κ1) is 23.5. The quantitative estimate of drug-likeness (QED) is 0.280. The van der Waals surface area contributed by atoms with Gasteiger partial charge in [-0.2, -0.15) is 0 Å². The zero-order valence-electron chi connectivity index (χ0n) is 17.9. The largest absolute Gasteiger partial charge is 0.480 e. The molecular weight excluding hydrogens is 391 g/mol. The van der Waals surface area contributed by atoms with Gasteiger partial charge in [-0.05, 0) is 54.6 Å². The summed E-state index contributed by atoms with van der Waals surface area (Å²) >= 11 is 0. The Balaban J connectivity index is 1.50. The lowest BCUT2D eigenvalue weighted by atomic mass is 9.77. The zero-order chi connectivity index (χ0) is 22.3. The fourth-order valence-corrected chi connectivity index (χ4v) is 4.57. The average molecular weight is 424 g/mol. The van der Waals surface area contributed by atoms with Crippen LogP contribution in [0.3, 0.4) is 0 Å². The fraction of sp³-hybridized carbons (Fsp3) is 0.458. The van der Waals surface area contributed by atoms with E-state index in [4.69, 9.17) is 15.8 Å². The van der Waals surface area contributed by atoms with E-state index in [0.29, 0.717) is 19.3 Å². The molecule has 0 heterocycles. The predicted molar refractivity (Wildman–Crippen MR) is 123 cm³/mol. The van der Waals surface area contributed by atoms with E-state index in [1.165, 1.54) is 16.7 Å². The molecular formula is C24H33BN2O4. The van der Waals surface area contributed by atoms with E-state index in [-0.39, 0.29) is 18.3 Å². The van der Waals surface area contributed by atoms with Crippen LogP contribution in [0.15, 0.2) is 54.6 Å². The lowest BCUT2D eigenvalue weighted by Crippen LogP contribution is -2.53. The predicted octanol–water partition coefficient (Wildman–Crippen LogP) is 3.04. The summed E-state index contributed by atoms with van der Waals surface area (Å²) < 4.78 is 0. The van der Waals surface area contributed by atoms with Crippen LogP contribution in [0.25, 0.3) is 11.1 Å². The topological polar surface area (TPSA) is 116 Å². The highest BCUT2D eigenvalue weighted by Gasteiger charge is 2.45. The molecule has 6 N–H and O–H groups in total. The summed E-state index contributed by atoms with van der Waals surface area (Å²) in [6, 6.07) is 19.0. The van der Waals surface area contributed by atoms with Crippen LogP contribution in [-0.2, 0) is 11.3 Å². The maximum atomic E-state index is 11.9. The van der Waals surface area contributed by atoms with E-state index < -0.39 is 18.6 Å². The molecule has 7 heteroatoms. The van der Waals surface area contributed by atoms with Gasteiger partial charge in [-0.3, -0.25) is 4.79 Å². The van der Waals surface area contributed by atoms with Crippen LogP contribution in [0.2, 0.25) is 6.32 Å². The number of carboxylic acids is 1. The van der Waals surface area contributed by atoms with E-state index in [0.717, 1.165) is 25.8 Å². The minimum atomic E-state index is -1.35. The minimum absolute atomic E-state index is 0.0815. The van der Waals surface area contributed by atoms with Crippen molar-refractivity contribution in [1.29, 1.82) is 0 Å². The smallest absolute Gasteiger partial charge is 0.451 e. The van der Waals surface area contributed by atoms with E-state index in [1.807, 2.05) is 18.2 Å². The molecule has 0 spiro atoms. The molecule has 1 unspecified atom stereocenters. The standard InChI is InChI=1S/C24H33BN2O4/c26-24(23(28)29,14-4-5-15-25(30)31)21-12-13-22(16-21)27-17-18-8-10-20(11-9-18)19-6-2-1-3-7-19/h1-3,6-11,21-22,27,30-31H,4-5,12-17,26H2,(H,28,29)/t21?,22-,24+/m0/s1. The molecule has 6 nitrogen and oxygen atoms in total. The van der Waals surface area contributed by atoms with Crippen molar-refractivity contribution in [3.8, 4) is 11.1 Å². The van der Waals surface area contributed by atoms with Gasteiger partial charge in [0.15, 0.2) is 0 Å². The highest BCUT2D eigenvalue weighted by Crippen LogP contribution is 2.36. The van der Waals surface area contributed by atoms with Crippen LogP contribution in [0.1, 0.15) is 44.1 Å². The number of nitrogens with one attached hydrogen (secondary N) is 1. The van der Waals surface area contributed by atoms with E-state index in [2.05, 4.69) is 41.7 Å². The Hall–Kier alpha value is -2.19. The third kappa shape index (κ3) is 6.40. The monoisotopic (exact) mass is 424 g/mol. The van der Waals surface area contributed by atoms with Gasteiger partial charge in [-0.25, -0.2) is 0 Å². The summed E-state index contributed by atoms with van der Waals surface area (Å²) in [6.45, 7) is 0.742. The number of carboxylic acid groups (broad SMARTS) is 1. The van der Waals surface area contributed by atoms with Gasteiger partial charge in [0.05, 0.1) is 0 Å². The molecule has 166 valence electrons. The molecule has 0 aliphatic heterocycles. The van der Waals surface area contributed by atoms with Crippen molar-refractivity contribution >= 4 is 13.1 Å². The van der Waals surface area contributed by atoms with Gasteiger partial charge >= 0.3 is 13.1 Å². The average Bonchev–Trinajstić information content (AvgIpc) is 3.25. The van der Waals surface area contributed by atoms with Crippen molar-refractivity contribution < 1.29 is 19.9 Å². The Morgan fingerprint density at radius 2 is 1.71 bits per heavy atom. The van der Waals surface area contributed by atoms with Crippen LogP contribution in [0.4, 0.5) is 0 Å². The number of benzene rings is 2. The van der Waals surface area contributed by atoms with Crippen LogP contribution in [0, 0.1) is 5.92 Å². The number of hydrogen-bond acceptors (Lipinski definition) is 5. The number of rotatable bonds is 11. The van der Waals surface area contributed by atoms with Gasteiger partial charge in [0.1, 0.15) is 5.54 Å². The van der Waals surface area contributed by atoms with Crippen molar-refractivity contribution in [3.05, 3.63) is 60.2 Å². The van der Waals surface area contributed by atoms with Crippen molar-refractivity contribution in [2.75, 3.05) is 0 Å². The summed E-state index contributed by atoms with van der Waals surface area (Å²) in [7, 11) is -1.35. The molecule has 31 heavy (non-hydrogen) atoms. The van der Waals surface area contributed by atoms with Crippen LogP contribution < -0.4 is 11.1 Å². The molecule has 0 bridgehead atoms. The van der Waals surface area contributed by atoms with Gasteiger partial charge in [0, 0.05) is 12.6 Å². The third-order valence-electron chi connectivity index (χ3n) is 6.52. The zero-order valence-corrected chi connectivity index (χ0v) is 17.9. The molecule has 1 aliphatic rings. The maximum absolute atomic E-state index is 11.9. The maximum Gasteiger partial charge on any atom is 0.451 e. The molecule has 2 aromatic carbocycles. The Morgan fingerprint density at radius 3 is 2.35 bits per heavy atom. The lowest BCUT2D eigenvalue weighted by molar-refractivity contribution is -0.146. The molecule has 1 saturated carbocycles. The number of carbonyl (C=O) groups is 1. The molecule has 0 radical (unpaired) electrons. The van der Waals surface area contributed by atoms with Crippen molar-refractivity contribution in [2.45, 2.75) is 63.0 Å². The minimum Gasteiger partial charge on any atom is -0.480 e. The van der Waals surface area contributed by atoms with E-state index >= 15 is 0 Å². The molecule has 0 amide bonds. The molecule has 1 aliphatic carbocycles. The third-order valence-corrected chi connectivity index (χ3v) is 6.52. The van der Waals surface area contributed by atoms with Crippen molar-refractivity contribution in [3.63, 3.8) is 0 Å². The summed E-state index contributed by atoms with van der Waals surface area (Å²) in [6.07, 6.45) is 4.17. The number of nitrogens with two attached hydrogens (primary N) is 1. The first-order valence-electron chi connectivity index (χ1n) is 11.1. The Kier molecular flexibility index (Phi) is 8.26. The van der Waals surface area contributed by atoms with Gasteiger partial charge in [-0.15, -0.1) is 0 Å². The Morgan fingerprint density at radius 1 is 1.03 bits per heavy atom. The summed E-state index contributed by atoms with van der Waals surface area (Å²) in [4.78, 5) is 11.9. The second-order valence-electron chi connectivity index (χ2n) is 8.72. The van der Waals surface area contributed by atoms with Crippen molar-refractivity contribution in [1.82, 2.24) is 5.32 Å². The van der Waals surface area contributed by atoms with E-state index in [1.54, 1.807) is 0 Å². The molecule has 3 atom stereocenters. The van der Waals surface area contributed by atoms with Crippen LogP contribution in [0.5, 0.6) is 0 Å². The number of aliphatic carboxylic acids is 1. The van der Waals surface area contributed by atoms with E-state index in [9.17, 15) is 9.90 Å². The molecule has 3 rings (SSSR count).